The molecule has 0 spiro atoms. The van der Waals surface area contributed by atoms with E-state index < -0.39 is 0 Å². The van der Waals surface area contributed by atoms with E-state index in [9.17, 15) is 5.11 Å². The van der Waals surface area contributed by atoms with Crippen molar-refractivity contribution in [2.45, 2.75) is 18.9 Å². The van der Waals surface area contributed by atoms with Gasteiger partial charge in [0.2, 0.25) is 5.88 Å². The fourth-order valence-electron chi connectivity index (χ4n) is 2.98. The molecular weight excluding hydrogens is 290 g/mol. The molecule has 1 fully saturated rings. The Labute approximate surface area is 134 Å². The number of aromatic nitrogens is 2. The number of nitrogens with zero attached hydrogens (tertiary/aromatic N) is 2. The molecule has 0 unspecified atom stereocenters. The summed E-state index contributed by atoms with van der Waals surface area (Å²) < 4.78 is 7.36. The van der Waals surface area contributed by atoms with Gasteiger partial charge in [0.15, 0.2) is 0 Å². The quantitative estimate of drug-likeness (QED) is 0.778. The van der Waals surface area contributed by atoms with Gasteiger partial charge in [-0.05, 0) is 55.8 Å². The number of hydrogen-bond donors (Lipinski definition) is 2. The van der Waals surface area contributed by atoms with Crippen molar-refractivity contribution in [3.8, 4) is 17.3 Å². The predicted molar refractivity (Wildman–Crippen MR) is 89.3 cm³/mol. The highest BCUT2D eigenvalue weighted by Gasteiger charge is 2.15. The van der Waals surface area contributed by atoms with E-state index >= 15 is 0 Å². The van der Waals surface area contributed by atoms with Crippen LogP contribution in [0.25, 0.3) is 16.6 Å². The van der Waals surface area contributed by atoms with Crippen LogP contribution in [-0.2, 0) is 0 Å². The van der Waals surface area contributed by atoms with Crippen LogP contribution >= 0.6 is 0 Å². The third kappa shape index (κ3) is 2.75. The molecule has 2 aromatic carbocycles. The second-order valence-corrected chi connectivity index (χ2v) is 5.85. The molecule has 5 heteroatoms. The Balaban J connectivity index is 1.53. The zero-order valence-electron chi connectivity index (χ0n) is 12.8. The highest BCUT2D eigenvalue weighted by molar-refractivity contribution is 5.84. The molecule has 4 rings (SSSR count). The van der Waals surface area contributed by atoms with Crippen molar-refractivity contribution in [1.29, 1.82) is 0 Å². The number of hydrogen-bond acceptors (Lipinski definition) is 4. The average Bonchev–Trinajstić information content (AvgIpc) is 3.22. The van der Waals surface area contributed by atoms with Gasteiger partial charge in [-0.1, -0.05) is 12.1 Å². The normalized spacial score (nSPS) is 17.7. The van der Waals surface area contributed by atoms with Crippen LogP contribution in [0.15, 0.2) is 48.5 Å². The van der Waals surface area contributed by atoms with E-state index in [0.29, 0.717) is 12.6 Å². The molecule has 1 aliphatic heterocycles. The fourth-order valence-corrected chi connectivity index (χ4v) is 2.98. The van der Waals surface area contributed by atoms with Crippen molar-refractivity contribution < 1.29 is 9.84 Å². The molecule has 0 amide bonds. The van der Waals surface area contributed by atoms with Crippen LogP contribution in [0.1, 0.15) is 12.8 Å². The van der Waals surface area contributed by atoms with Gasteiger partial charge in [0.25, 0.3) is 0 Å². The first-order valence-corrected chi connectivity index (χ1v) is 7.94. The molecule has 5 nitrogen and oxygen atoms in total. The highest BCUT2D eigenvalue weighted by atomic mass is 16.5. The summed E-state index contributed by atoms with van der Waals surface area (Å²) in [6, 6.07) is 15.6. The Morgan fingerprint density at radius 1 is 1.17 bits per heavy atom. The molecule has 0 aliphatic carbocycles. The van der Waals surface area contributed by atoms with Crippen molar-refractivity contribution in [3.05, 3.63) is 48.5 Å². The monoisotopic (exact) mass is 309 g/mol. The van der Waals surface area contributed by atoms with Crippen molar-refractivity contribution >= 4 is 10.9 Å². The summed E-state index contributed by atoms with van der Waals surface area (Å²) in [4.78, 5) is 0. The Morgan fingerprint density at radius 2 is 2.00 bits per heavy atom. The molecule has 0 bridgehead atoms. The number of aromatic hydroxyl groups is 1. The first-order valence-electron chi connectivity index (χ1n) is 7.94. The molecule has 1 aliphatic rings. The lowest BCUT2D eigenvalue weighted by atomic mass is 10.2. The van der Waals surface area contributed by atoms with Crippen LogP contribution in [-0.4, -0.2) is 34.1 Å². The maximum atomic E-state index is 10.3. The summed E-state index contributed by atoms with van der Waals surface area (Å²) in [5, 5.41) is 18.9. The lowest BCUT2D eigenvalue weighted by molar-refractivity contribution is 0.277. The van der Waals surface area contributed by atoms with Gasteiger partial charge in [0.05, 0.1) is 16.6 Å². The molecule has 0 saturated carbocycles. The van der Waals surface area contributed by atoms with Gasteiger partial charge in [-0.3, -0.25) is 0 Å². The number of rotatable bonds is 4. The van der Waals surface area contributed by atoms with E-state index in [1.54, 1.807) is 4.68 Å². The summed E-state index contributed by atoms with van der Waals surface area (Å²) in [6.45, 7) is 1.77. The lowest BCUT2D eigenvalue weighted by Crippen LogP contribution is -2.28. The standard InChI is InChI=1S/C18H19N3O2/c22-18-16-5-1-2-6-17(16)20-21(18)14-7-9-15(10-8-14)23-12-13-4-3-11-19-13/h1-2,5-10,13,19,22H,3-4,11-12H2/t13-/m1/s1. The smallest absolute Gasteiger partial charge is 0.222 e. The van der Waals surface area contributed by atoms with E-state index in [0.717, 1.165) is 28.9 Å². The van der Waals surface area contributed by atoms with E-state index in [1.807, 2.05) is 48.5 Å². The maximum Gasteiger partial charge on any atom is 0.222 e. The summed E-state index contributed by atoms with van der Waals surface area (Å²) in [5.41, 5.74) is 1.59. The van der Waals surface area contributed by atoms with Gasteiger partial charge in [-0.15, -0.1) is 0 Å². The second kappa shape index (κ2) is 5.93. The molecule has 2 N–H and O–H groups in total. The largest absolute Gasteiger partial charge is 0.493 e. The molecular formula is C18H19N3O2. The van der Waals surface area contributed by atoms with Crippen molar-refractivity contribution in [3.63, 3.8) is 0 Å². The lowest BCUT2D eigenvalue weighted by Gasteiger charge is -2.12. The van der Waals surface area contributed by atoms with Crippen molar-refractivity contribution in [1.82, 2.24) is 15.1 Å². The van der Waals surface area contributed by atoms with E-state index in [4.69, 9.17) is 4.74 Å². The zero-order chi connectivity index (χ0) is 15.6. The molecule has 3 aromatic rings. The van der Waals surface area contributed by atoms with E-state index in [-0.39, 0.29) is 5.88 Å². The van der Waals surface area contributed by atoms with Crippen molar-refractivity contribution in [2.75, 3.05) is 13.2 Å². The van der Waals surface area contributed by atoms with Gasteiger partial charge in [-0.2, -0.15) is 5.10 Å². The Kier molecular flexibility index (Phi) is 3.63. The third-order valence-electron chi connectivity index (χ3n) is 4.25. The number of ether oxygens (including phenoxy) is 1. The minimum Gasteiger partial charge on any atom is -0.493 e. The molecule has 1 aromatic heterocycles. The van der Waals surface area contributed by atoms with Crippen LogP contribution in [0, 0.1) is 0 Å². The van der Waals surface area contributed by atoms with Crippen LogP contribution < -0.4 is 10.1 Å². The predicted octanol–water partition coefficient (Wildman–Crippen LogP) is 2.86. The second-order valence-electron chi connectivity index (χ2n) is 5.85. The van der Waals surface area contributed by atoms with Crippen LogP contribution in [0.5, 0.6) is 11.6 Å². The minimum atomic E-state index is 0.157. The molecule has 23 heavy (non-hydrogen) atoms. The van der Waals surface area contributed by atoms with Gasteiger partial charge >= 0.3 is 0 Å². The third-order valence-corrected chi connectivity index (χ3v) is 4.25. The SMILES string of the molecule is Oc1c2ccccc2nn1-c1ccc(OC[C@H]2CCCN2)cc1. The summed E-state index contributed by atoms with van der Waals surface area (Å²) in [6.07, 6.45) is 2.39. The Hall–Kier alpha value is -2.53. The first-order chi connectivity index (χ1) is 11.3. The molecule has 2 heterocycles. The molecule has 1 saturated heterocycles. The summed E-state index contributed by atoms with van der Waals surface area (Å²) in [7, 11) is 0. The maximum absolute atomic E-state index is 10.3. The minimum absolute atomic E-state index is 0.157. The number of nitrogens with one attached hydrogen (secondary N) is 1. The van der Waals surface area contributed by atoms with Gasteiger partial charge in [-0.25, -0.2) is 4.68 Å². The molecule has 118 valence electrons. The average molecular weight is 309 g/mol. The first kappa shape index (κ1) is 14.1. The van der Waals surface area contributed by atoms with Crippen molar-refractivity contribution in [2.24, 2.45) is 0 Å². The molecule has 1 atom stereocenters. The Morgan fingerprint density at radius 3 is 2.74 bits per heavy atom. The number of fused-ring (bicyclic) bond motifs is 1. The van der Waals surface area contributed by atoms with E-state index in [2.05, 4.69) is 10.4 Å². The van der Waals surface area contributed by atoms with Crippen LogP contribution in [0.3, 0.4) is 0 Å². The van der Waals surface area contributed by atoms with Gasteiger partial charge in [0, 0.05) is 6.04 Å². The van der Waals surface area contributed by atoms with E-state index in [1.165, 1.54) is 12.8 Å². The topological polar surface area (TPSA) is 59.3 Å². The van der Waals surface area contributed by atoms with Crippen LogP contribution in [0.2, 0.25) is 0 Å². The van der Waals surface area contributed by atoms with Gasteiger partial charge in [0.1, 0.15) is 12.4 Å². The highest BCUT2D eigenvalue weighted by Crippen LogP contribution is 2.27. The van der Waals surface area contributed by atoms with Gasteiger partial charge < -0.3 is 15.2 Å². The fraction of sp³-hybridized carbons (Fsp3) is 0.278. The Bertz CT molecular complexity index is 805. The summed E-state index contributed by atoms with van der Waals surface area (Å²) in [5.74, 6) is 0.989. The summed E-state index contributed by atoms with van der Waals surface area (Å²) >= 11 is 0. The zero-order valence-corrected chi connectivity index (χ0v) is 12.8. The molecule has 0 radical (unpaired) electrons. The van der Waals surface area contributed by atoms with Crippen LogP contribution in [0.4, 0.5) is 0 Å². The number of benzene rings is 2.